The molecular weight excluding hydrogens is 210 g/mol. The van der Waals surface area contributed by atoms with E-state index in [1.807, 2.05) is 0 Å². The van der Waals surface area contributed by atoms with E-state index in [2.05, 4.69) is 58.1 Å². The highest BCUT2D eigenvalue weighted by Gasteiger charge is 2.11. The van der Waals surface area contributed by atoms with Crippen LogP contribution in [0, 0.1) is 13.8 Å². The Morgan fingerprint density at radius 1 is 1.12 bits per heavy atom. The van der Waals surface area contributed by atoms with Crippen molar-refractivity contribution in [3.63, 3.8) is 0 Å². The van der Waals surface area contributed by atoms with Gasteiger partial charge in [0.1, 0.15) is 5.75 Å². The van der Waals surface area contributed by atoms with Crippen LogP contribution in [0.4, 0.5) is 0 Å². The summed E-state index contributed by atoms with van der Waals surface area (Å²) < 4.78 is 5.74. The molecule has 0 saturated carbocycles. The van der Waals surface area contributed by atoms with Gasteiger partial charge in [-0.2, -0.15) is 0 Å². The van der Waals surface area contributed by atoms with Gasteiger partial charge in [-0.05, 0) is 57.9 Å². The average Bonchev–Trinajstić information content (AvgIpc) is 2.21. The van der Waals surface area contributed by atoms with Crippen molar-refractivity contribution in [1.29, 1.82) is 0 Å². The molecule has 2 nitrogen and oxygen atoms in total. The van der Waals surface area contributed by atoms with Crippen LogP contribution in [0.5, 0.6) is 5.75 Å². The summed E-state index contributed by atoms with van der Waals surface area (Å²) in [6.45, 7) is 12.9. The maximum absolute atomic E-state index is 5.74. The van der Waals surface area contributed by atoms with Gasteiger partial charge in [0.05, 0.1) is 18.7 Å². The van der Waals surface area contributed by atoms with Gasteiger partial charge in [0.25, 0.3) is 0 Å². The van der Waals surface area contributed by atoms with Gasteiger partial charge < -0.3 is 10.1 Å². The third-order valence-corrected chi connectivity index (χ3v) is 2.85. The number of benzene rings is 1. The first kappa shape index (κ1) is 14.0. The molecule has 2 heteroatoms. The highest BCUT2D eigenvalue weighted by atomic mass is 16.5. The highest BCUT2D eigenvalue weighted by Crippen LogP contribution is 2.16. The summed E-state index contributed by atoms with van der Waals surface area (Å²) in [5, 5.41) is 2.36. The molecule has 0 aliphatic rings. The number of hydrogen-bond donors (Lipinski definition) is 1. The minimum atomic E-state index is 0.320. The molecule has 0 amide bonds. The monoisotopic (exact) mass is 236 g/mol. The number of nitrogens with two attached hydrogens (primary N) is 1. The lowest BCUT2D eigenvalue weighted by Gasteiger charge is -2.16. The fraction of sp³-hybridized carbons (Fsp3) is 0.600. The van der Waals surface area contributed by atoms with Crippen molar-refractivity contribution in [2.24, 2.45) is 0 Å². The van der Waals surface area contributed by atoms with Crippen LogP contribution in [0.3, 0.4) is 0 Å². The van der Waals surface area contributed by atoms with Crippen LogP contribution >= 0.6 is 0 Å². The molecule has 1 aromatic carbocycles. The second-order valence-electron chi connectivity index (χ2n) is 5.81. The van der Waals surface area contributed by atoms with Gasteiger partial charge >= 0.3 is 0 Å². The smallest absolute Gasteiger partial charge is 0.119 e. The van der Waals surface area contributed by atoms with Crippen LogP contribution in [-0.2, 0) is 0 Å². The van der Waals surface area contributed by atoms with Gasteiger partial charge in [-0.15, -0.1) is 0 Å². The summed E-state index contributed by atoms with van der Waals surface area (Å²) in [5.41, 5.74) is 2.93. The zero-order valence-corrected chi connectivity index (χ0v) is 11.8. The van der Waals surface area contributed by atoms with E-state index in [4.69, 9.17) is 4.74 Å². The van der Waals surface area contributed by atoms with Crippen molar-refractivity contribution in [2.45, 2.75) is 46.6 Å². The van der Waals surface area contributed by atoms with Crippen molar-refractivity contribution in [1.82, 2.24) is 0 Å². The molecule has 1 rings (SSSR count). The fourth-order valence-electron chi connectivity index (χ4n) is 1.61. The van der Waals surface area contributed by atoms with Crippen LogP contribution in [-0.4, -0.2) is 18.7 Å². The lowest BCUT2D eigenvalue weighted by Crippen LogP contribution is -2.94. The molecule has 0 aliphatic carbocycles. The summed E-state index contributed by atoms with van der Waals surface area (Å²) in [5.74, 6) is 0.990. The fourth-order valence-corrected chi connectivity index (χ4v) is 1.61. The predicted octanol–water partition coefficient (Wildman–Crippen LogP) is 2.43. The molecule has 96 valence electrons. The number of ether oxygens (including phenoxy) is 1. The lowest BCUT2D eigenvalue weighted by atomic mass is 10.1. The molecule has 2 N–H and O–H groups in total. The Morgan fingerprint density at radius 2 is 1.82 bits per heavy atom. The predicted molar refractivity (Wildman–Crippen MR) is 72.6 cm³/mol. The molecule has 0 heterocycles. The van der Waals surface area contributed by atoms with Crippen LogP contribution in [0.1, 0.15) is 38.3 Å². The van der Waals surface area contributed by atoms with Crippen LogP contribution in [0.15, 0.2) is 18.2 Å². The quantitative estimate of drug-likeness (QED) is 0.781. The first-order valence-corrected chi connectivity index (χ1v) is 6.43. The molecule has 17 heavy (non-hydrogen) atoms. The largest absolute Gasteiger partial charge is 0.493 e. The van der Waals surface area contributed by atoms with Gasteiger partial charge in [-0.3, -0.25) is 0 Å². The molecule has 0 fully saturated rings. The van der Waals surface area contributed by atoms with Crippen LogP contribution in [0.2, 0.25) is 0 Å². The molecule has 0 aromatic heterocycles. The van der Waals surface area contributed by atoms with E-state index >= 15 is 0 Å². The molecule has 0 bridgehead atoms. The van der Waals surface area contributed by atoms with E-state index in [-0.39, 0.29) is 0 Å². The maximum Gasteiger partial charge on any atom is 0.119 e. The van der Waals surface area contributed by atoms with Gasteiger partial charge in [-0.25, -0.2) is 0 Å². The average molecular weight is 236 g/mol. The number of hydrogen-bond acceptors (Lipinski definition) is 1. The molecule has 0 atom stereocenters. The Morgan fingerprint density at radius 3 is 2.41 bits per heavy atom. The minimum Gasteiger partial charge on any atom is -0.493 e. The van der Waals surface area contributed by atoms with Crippen LogP contribution in [0.25, 0.3) is 0 Å². The van der Waals surface area contributed by atoms with Crippen LogP contribution < -0.4 is 10.1 Å². The minimum absolute atomic E-state index is 0.320. The van der Waals surface area contributed by atoms with E-state index in [1.54, 1.807) is 0 Å². The van der Waals surface area contributed by atoms with Crippen molar-refractivity contribution in [3.8, 4) is 5.75 Å². The first-order valence-electron chi connectivity index (χ1n) is 6.43. The van der Waals surface area contributed by atoms with Crippen molar-refractivity contribution < 1.29 is 10.1 Å². The molecule has 0 spiro atoms. The van der Waals surface area contributed by atoms with Gasteiger partial charge in [0.2, 0.25) is 0 Å². The second kappa shape index (κ2) is 6.06. The zero-order valence-electron chi connectivity index (χ0n) is 11.8. The first-order chi connectivity index (χ1) is 7.88. The lowest BCUT2D eigenvalue weighted by molar-refractivity contribution is -0.717. The Hall–Kier alpha value is -1.02. The van der Waals surface area contributed by atoms with Gasteiger partial charge in [0, 0.05) is 6.42 Å². The third-order valence-electron chi connectivity index (χ3n) is 2.85. The molecule has 1 aromatic rings. The summed E-state index contributed by atoms with van der Waals surface area (Å²) in [4.78, 5) is 0. The van der Waals surface area contributed by atoms with Crippen molar-refractivity contribution in [3.05, 3.63) is 29.3 Å². The Labute approximate surface area is 105 Å². The summed E-state index contributed by atoms with van der Waals surface area (Å²) in [6, 6.07) is 6.28. The van der Waals surface area contributed by atoms with E-state index in [1.165, 1.54) is 11.1 Å². The second-order valence-corrected chi connectivity index (χ2v) is 5.81. The molecule has 0 saturated heterocycles. The number of rotatable bonds is 5. The van der Waals surface area contributed by atoms with Gasteiger partial charge in [-0.1, -0.05) is 6.07 Å². The van der Waals surface area contributed by atoms with E-state index < -0.39 is 0 Å². The Kier molecular flexibility index (Phi) is 5.01. The Balaban J connectivity index is 2.25. The summed E-state index contributed by atoms with van der Waals surface area (Å²) in [7, 11) is 0. The zero-order chi connectivity index (χ0) is 12.9. The molecule has 0 aliphatic heterocycles. The van der Waals surface area contributed by atoms with E-state index in [0.29, 0.717) is 5.54 Å². The normalized spacial score (nSPS) is 11.6. The van der Waals surface area contributed by atoms with Gasteiger partial charge in [0.15, 0.2) is 0 Å². The number of aryl methyl sites for hydroxylation is 2. The molecule has 0 radical (unpaired) electrons. The van der Waals surface area contributed by atoms with E-state index in [9.17, 15) is 0 Å². The summed E-state index contributed by atoms with van der Waals surface area (Å²) >= 11 is 0. The Bertz CT molecular complexity index is 352. The van der Waals surface area contributed by atoms with Crippen molar-refractivity contribution in [2.75, 3.05) is 13.2 Å². The molecular formula is C15H26NO+. The molecule has 0 unspecified atom stereocenters. The topological polar surface area (TPSA) is 25.8 Å². The summed E-state index contributed by atoms with van der Waals surface area (Å²) in [6.07, 6.45) is 1.09. The van der Waals surface area contributed by atoms with Crippen molar-refractivity contribution >= 4 is 0 Å². The van der Waals surface area contributed by atoms with E-state index in [0.717, 1.165) is 25.3 Å². The number of quaternary nitrogens is 1. The maximum atomic E-state index is 5.74. The SMILES string of the molecule is Cc1ccc(OCCC[NH2+]C(C)(C)C)cc1C. The standard InChI is InChI=1S/C15H25NO/c1-12-7-8-14(11-13(12)2)17-10-6-9-16-15(3,4)5/h7-8,11,16H,6,9-10H2,1-5H3/p+1. The third kappa shape index (κ3) is 5.73. The highest BCUT2D eigenvalue weighted by molar-refractivity contribution is 5.33.